The molecule has 0 N–H and O–H groups in total. The van der Waals surface area contributed by atoms with Crippen LogP contribution in [-0.2, 0) is 0 Å². The van der Waals surface area contributed by atoms with Crippen molar-refractivity contribution < 1.29 is 0 Å². The van der Waals surface area contributed by atoms with Crippen LogP contribution in [-0.4, -0.2) is 7.28 Å². The predicted octanol–water partition coefficient (Wildman–Crippen LogP) is 7.18. The minimum Gasteiger partial charge on any atom is -0.0717 e. The number of benzene rings is 2. The lowest BCUT2D eigenvalue weighted by Crippen LogP contribution is -2.40. The van der Waals surface area contributed by atoms with E-state index in [1.807, 2.05) is 0 Å². The molecule has 0 saturated heterocycles. The third-order valence-electron chi connectivity index (χ3n) is 7.38. The monoisotopic (exact) mass is 402 g/mol. The van der Waals surface area contributed by atoms with Gasteiger partial charge in [-0.2, -0.15) is 0 Å². The summed E-state index contributed by atoms with van der Waals surface area (Å²) < 4.78 is 0. The van der Waals surface area contributed by atoms with E-state index >= 15 is 0 Å². The zero-order valence-corrected chi connectivity index (χ0v) is 21.2. The SMILES string of the molecule is CC(C)c1cc(C(C)C)c2c(c1)C(C)CC(C)c1cc(C(C)C)cc(C(C)C)c1B2. The van der Waals surface area contributed by atoms with Crippen LogP contribution in [0.2, 0.25) is 0 Å². The largest absolute Gasteiger partial charge is 0.193 e. The molecule has 30 heavy (non-hydrogen) atoms. The van der Waals surface area contributed by atoms with E-state index < -0.39 is 0 Å². The van der Waals surface area contributed by atoms with Gasteiger partial charge >= 0.3 is 0 Å². The van der Waals surface area contributed by atoms with Gasteiger partial charge in [-0.25, -0.2) is 0 Å². The van der Waals surface area contributed by atoms with Crippen molar-refractivity contribution in [2.45, 2.75) is 111 Å². The molecule has 2 aromatic rings. The van der Waals surface area contributed by atoms with Crippen molar-refractivity contribution >= 4 is 18.2 Å². The van der Waals surface area contributed by atoms with E-state index in [4.69, 9.17) is 0 Å². The van der Waals surface area contributed by atoms with Crippen LogP contribution in [0.15, 0.2) is 24.3 Å². The molecule has 1 heteroatoms. The van der Waals surface area contributed by atoms with E-state index in [9.17, 15) is 0 Å². The first kappa shape index (κ1) is 23.2. The second kappa shape index (κ2) is 8.93. The summed E-state index contributed by atoms with van der Waals surface area (Å²) in [5.41, 5.74) is 12.6. The summed E-state index contributed by atoms with van der Waals surface area (Å²) in [7, 11) is 1.09. The van der Waals surface area contributed by atoms with Gasteiger partial charge in [0.15, 0.2) is 7.28 Å². The van der Waals surface area contributed by atoms with E-state index in [1.54, 1.807) is 33.2 Å². The Hall–Kier alpha value is -1.50. The molecule has 0 nitrogen and oxygen atoms in total. The Labute approximate surface area is 187 Å². The van der Waals surface area contributed by atoms with E-state index in [0.29, 0.717) is 35.5 Å². The molecular formula is C29H43B. The average molecular weight is 402 g/mol. The molecule has 0 fully saturated rings. The quantitative estimate of drug-likeness (QED) is 0.475. The highest BCUT2D eigenvalue weighted by Crippen LogP contribution is 2.35. The van der Waals surface area contributed by atoms with E-state index in [1.165, 1.54) is 17.5 Å². The van der Waals surface area contributed by atoms with Gasteiger partial charge in [0.1, 0.15) is 0 Å². The summed E-state index contributed by atoms with van der Waals surface area (Å²) in [6.07, 6.45) is 1.23. The van der Waals surface area contributed by atoms with Crippen LogP contribution in [0, 0.1) is 0 Å². The predicted molar refractivity (Wildman–Crippen MR) is 137 cm³/mol. The highest BCUT2D eigenvalue weighted by Gasteiger charge is 2.28. The molecule has 0 spiro atoms. The lowest BCUT2D eigenvalue weighted by atomic mass is 9.52. The lowest BCUT2D eigenvalue weighted by molar-refractivity contribution is 0.592. The second-order valence-electron chi connectivity index (χ2n) is 11.2. The highest BCUT2D eigenvalue weighted by atomic mass is 14.3. The average Bonchev–Trinajstić information content (AvgIpc) is 2.65. The van der Waals surface area contributed by atoms with Crippen molar-refractivity contribution in [2.75, 3.05) is 0 Å². The third kappa shape index (κ3) is 4.41. The fraction of sp³-hybridized carbons (Fsp3) is 0.586. The normalized spacial score (nSPS) is 19.0. The summed E-state index contributed by atoms with van der Waals surface area (Å²) in [5, 5.41) is 0. The Balaban J connectivity index is 2.31. The number of rotatable bonds is 4. The molecule has 0 bridgehead atoms. The molecule has 2 unspecified atom stereocenters. The maximum absolute atomic E-state index is 2.55. The topological polar surface area (TPSA) is 0 Å². The number of hydrogen-bond acceptors (Lipinski definition) is 0. The van der Waals surface area contributed by atoms with Gasteiger partial charge in [-0.3, -0.25) is 0 Å². The van der Waals surface area contributed by atoms with Gasteiger partial charge in [-0.1, -0.05) is 127 Å². The molecule has 3 rings (SSSR count). The minimum atomic E-state index is 0.558. The zero-order valence-electron chi connectivity index (χ0n) is 21.2. The van der Waals surface area contributed by atoms with Gasteiger partial charge in [0.25, 0.3) is 0 Å². The molecule has 1 heterocycles. The first-order chi connectivity index (χ1) is 14.0. The van der Waals surface area contributed by atoms with Crippen molar-refractivity contribution in [3.05, 3.63) is 57.6 Å². The Kier molecular flexibility index (Phi) is 6.90. The molecule has 2 aromatic carbocycles. The molecule has 0 radical (unpaired) electrons. The first-order valence-corrected chi connectivity index (χ1v) is 12.3. The van der Waals surface area contributed by atoms with Crippen LogP contribution in [0.1, 0.15) is 145 Å². The summed E-state index contributed by atoms with van der Waals surface area (Å²) in [5.74, 6) is 3.48. The van der Waals surface area contributed by atoms with Crippen molar-refractivity contribution in [3.8, 4) is 0 Å². The Morgan fingerprint density at radius 2 is 0.967 bits per heavy atom. The minimum absolute atomic E-state index is 0.558. The summed E-state index contributed by atoms with van der Waals surface area (Å²) >= 11 is 0. The Morgan fingerprint density at radius 1 is 0.600 bits per heavy atom. The molecule has 162 valence electrons. The Bertz CT molecular complexity index is 828. The highest BCUT2D eigenvalue weighted by molar-refractivity contribution is 6.69. The molecule has 0 aliphatic carbocycles. The molecule has 0 saturated carbocycles. The molecular weight excluding hydrogens is 359 g/mol. The first-order valence-electron chi connectivity index (χ1n) is 12.3. The molecule has 0 aromatic heterocycles. The molecule has 1 aliphatic rings. The summed E-state index contributed by atoms with van der Waals surface area (Å²) in [6, 6.07) is 10.1. The maximum atomic E-state index is 2.55. The molecule has 0 amide bonds. The van der Waals surface area contributed by atoms with Crippen molar-refractivity contribution in [1.82, 2.24) is 0 Å². The van der Waals surface area contributed by atoms with Gasteiger partial charge in [-0.15, -0.1) is 0 Å². The van der Waals surface area contributed by atoms with Gasteiger partial charge in [0.05, 0.1) is 0 Å². The Morgan fingerprint density at radius 3 is 1.27 bits per heavy atom. The van der Waals surface area contributed by atoms with E-state index in [0.717, 1.165) is 7.28 Å². The maximum Gasteiger partial charge on any atom is 0.193 e. The standard InChI is InChI=1S/C29H43B/c1-16(2)22-12-24(18(5)6)28-26(14-22)20(9)11-21(10)27-15-23(17(3)4)13-25(19(7)8)29(27)30-28/h12-21,30H,11H2,1-10H3. The summed E-state index contributed by atoms with van der Waals surface area (Å²) in [4.78, 5) is 0. The van der Waals surface area contributed by atoms with Gasteiger partial charge in [0.2, 0.25) is 0 Å². The smallest absolute Gasteiger partial charge is 0.0717 e. The van der Waals surface area contributed by atoms with Crippen molar-refractivity contribution in [1.29, 1.82) is 0 Å². The van der Waals surface area contributed by atoms with Crippen LogP contribution >= 0.6 is 0 Å². The van der Waals surface area contributed by atoms with Crippen LogP contribution in [0.4, 0.5) is 0 Å². The zero-order chi connectivity index (χ0) is 22.3. The van der Waals surface area contributed by atoms with Crippen LogP contribution in [0.5, 0.6) is 0 Å². The van der Waals surface area contributed by atoms with Gasteiger partial charge in [-0.05, 0) is 53.1 Å². The third-order valence-corrected chi connectivity index (χ3v) is 7.38. The van der Waals surface area contributed by atoms with Gasteiger partial charge in [0, 0.05) is 0 Å². The number of hydrogen-bond donors (Lipinski definition) is 0. The van der Waals surface area contributed by atoms with Gasteiger partial charge < -0.3 is 0 Å². The van der Waals surface area contributed by atoms with E-state index in [-0.39, 0.29) is 0 Å². The fourth-order valence-electron chi connectivity index (χ4n) is 5.43. The second-order valence-corrected chi connectivity index (χ2v) is 11.2. The van der Waals surface area contributed by atoms with Crippen LogP contribution < -0.4 is 10.9 Å². The van der Waals surface area contributed by atoms with Crippen LogP contribution in [0.25, 0.3) is 0 Å². The van der Waals surface area contributed by atoms with Crippen LogP contribution in [0.3, 0.4) is 0 Å². The lowest BCUT2D eigenvalue weighted by Gasteiger charge is -2.32. The molecule has 1 aliphatic heterocycles. The van der Waals surface area contributed by atoms with Crippen molar-refractivity contribution in [3.63, 3.8) is 0 Å². The molecule has 2 atom stereocenters. The fourth-order valence-corrected chi connectivity index (χ4v) is 5.43. The summed E-state index contributed by atoms with van der Waals surface area (Å²) in [6.45, 7) is 23.8. The van der Waals surface area contributed by atoms with Crippen molar-refractivity contribution in [2.24, 2.45) is 0 Å². The van der Waals surface area contributed by atoms with E-state index in [2.05, 4.69) is 93.5 Å². The number of fused-ring (bicyclic) bond motifs is 2.